The van der Waals surface area contributed by atoms with Gasteiger partial charge in [-0.3, -0.25) is 0 Å². The van der Waals surface area contributed by atoms with Crippen LogP contribution in [0.25, 0.3) is 0 Å². The van der Waals surface area contributed by atoms with Crippen LogP contribution in [0.1, 0.15) is 51.3 Å². The molecule has 0 bridgehead atoms. The Labute approximate surface area is 93.7 Å². The van der Waals surface area contributed by atoms with Crippen molar-refractivity contribution < 1.29 is 0 Å². The first-order valence-corrected chi connectivity index (χ1v) is 5.77. The summed E-state index contributed by atoms with van der Waals surface area (Å²) in [6.07, 6.45) is 2.12. The summed E-state index contributed by atoms with van der Waals surface area (Å²) in [6, 6.07) is 8.84. The van der Waals surface area contributed by atoms with Crippen molar-refractivity contribution in [3.05, 3.63) is 35.4 Å². The first kappa shape index (κ1) is 12.3. The van der Waals surface area contributed by atoms with Crippen LogP contribution in [0.15, 0.2) is 24.3 Å². The van der Waals surface area contributed by atoms with E-state index in [9.17, 15) is 0 Å². The van der Waals surface area contributed by atoms with E-state index in [0.717, 1.165) is 12.8 Å². The highest BCUT2D eigenvalue weighted by Crippen LogP contribution is 2.27. The number of hydrogen-bond donors (Lipinski definition) is 1. The van der Waals surface area contributed by atoms with Gasteiger partial charge in [0, 0.05) is 6.04 Å². The van der Waals surface area contributed by atoms with Crippen LogP contribution in [0.2, 0.25) is 0 Å². The predicted octanol–water partition coefficient (Wildman–Crippen LogP) is 3.69. The lowest BCUT2D eigenvalue weighted by atomic mass is 9.86. The van der Waals surface area contributed by atoms with E-state index < -0.39 is 0 Å². The van der Waals surface area contributed by atoms with Crippen LogP contribution in [0.3, 0.4) is 0 Å². The van der Waals surface area contributed by atoms with Crippen LogP contribution in [0.5, 0.6) is 0 Å². The minimum absolute atomic E-state index is 0.163. The Morgan fingerprint density at radius 2 is 1.67 bits per heavy atom. The third kappa shape index (κ3) is 4.05. The van der Waals surface area contributed by atoms with Crippen molar-refractivity contribution in [1.29, 1.82) is 0 Å². The van der Waals surface area contributed by atoms with Crippen LogP contribution in [0, 0.1) is 5.41 Å². The van der Waals surface area contributed by atoms with Gasteiger partial charge in [0.2, 0.25) is 0 Å². The maximum Gasteiger partial charge on any atom is 0.0299 e. The summed E-state index contributed by atoms with van der Waals surface area (Å²) in [5.41, 5.74) is 9.10. The molecule has 1 nitrogen and oxygen atoms in total. The van der Waals surface area contributed by atoms with Gasteiger partial charge in [-0.2, -0.15) is 0 Å². The molecule has 0 amide bonds. The van der Waals surface area contributed by atoms with Gasteiger partial charge < -0.3 is 5.73 Å². The molecule has 1 aromatic carbocycles. The summed E-state index contributed by atoms with van der Waals surface area (Å²) in [5, 5.41) is 0. The third-order valence-electron chi connectivity index (χ3n) is 2.65. The molecule has 0 saturated carbocycles. The van der Waals surface area contributed by atoms with Crippen LogP contribution >= 0.6 is 0 Å². The maximum absolute atomic E-state index is 6.17. The van der Waals surface area contributed by atoms with Crippen LogP contribution in [0.4, 0.5) is 0 Å². The molecule has 15 heavy (non-hydrogen) atoms. The van der Waals surface area contributed by atoms with Crippen LogP contribution < -0.4 is 5.73 Å². The van der Waals surface area contributed by atoms with E-state index in [0.29, 0.717) is 5.41 Å². The molecule has 1 rings (SSSR count). The van der Waals surface area contributed by atoms with Crippen LogP contribution in [-0.4, -0.2) is 0 Å². The fourth-order valence-electron chi connectivity index (χ4n) is 1.78. The fraction of sp³-hybridized carbons (Fsp3) is 0.571. The van der Waals surface area contributed by atoms with Gasteiger partial charge in [0.15, 0.2) is 0 Å². The van der Waals surface area contributed by atoms with E-state index in [4.69, 9.17) is 5.73 Å². The molecule has 1 heteroatoms. The monoisotopic (exact) mass is 205 g/mol. The zero-order valence-electron chi connectivity index (χ0n) is 10.4. The van der Waals surface area contributed by atoms with Gasteiger partial charge in [0.05, 0.1) is 0 Å². The zero-order valence-corrected chi connectivity index (χ0v) is 10.4. The van der Waals surface area contributed by atoms with Gasteiger partial charge in [0.1, 0.15) is 0 Å². The number of benzene rings is 1. The normalized spacial score (nSPS) is 13.9. The Morgan fingerprint density at radius 1 is 1.13 bits per heavy atom. The number of aryl methyl sites for hydroxylation is 1. The molecule has 0 radical (unpaired) electrons. The van der Waals surface area contributed by atoms with E-state index >= 15 is 0 Å². The lowest BCUT2D eigenvalue weighted by Gasteiger charge is -2.23. The van der Waals surface area contributed by atoms with Crippen molar-refractivity contribution >= 4 is 0 Å². The molecule has 0 unspecified atom stereocenters. The quantitative estimate of drug-likeness (QED) is 0.800. The number of rotatable bonds is 3. The molecule has 0 aromatic heterocycles. The smallest absolute Gasteiger partial charge is 0.0299 e. The van der Waals surface area contributed by atoms with Crippen molar-refractivity contribution in [3.8, 4) is 0 Å². The van der Waals surface area contributed by atoms with Crippen molar-refractivity contribution in [2.45, 2.75) is 46.6 Å². The van der Waals surface area contributed by atoms with Gasteiger partial charge in [-0.05, 0) is 29.4 Å². The molecule has 0 aliphatic carbocycles. The minimum Gasteiger partial charge on any atom is -0.324 e. The second kappa shape index (κ2) is 4.80. The minimum atomic E-state index is 0.163. The van der Waals surface area contributed by atoms with Gasteiger partial charge in [-0.1, -0.05) is 52.0 Å². The molecular weight excluding hydrogens is 182 g/mol. The maximum atomic E-state index is 6.17. The van der Waals surface area contributed by atoms with Crippen molar-refractivity contribution in [1.82, 2.24) is 0 Å². The molecule has 0 aliphatic heterocycles. The highest BCUT2D eigenvalue weighted by atomic mass is 14.6. The lowest BCUT2D eigenvalue weighted by molar-refractivity contribution is 0.343. The summed E-state index contributed by atoms with van der Waals surface area (Å²) in [7, 11) is 0. The zero-order chi connectivity index (χ0) is 11.5. The van der Waals surface area contributed by atoms with E-state index in [1.54, 1.807) is 0 Å². The number of nitrogens with two attached hydrogens (primary N) is 1. The van der Waals surface area contributed by atoms with E-state index in [1.807, 2.05) is 0 Å². The van der Waals surface area contributed by atoms with Gasteiger partial charge in [0.25, 0.3) is 0 Å². The SMILES string of the molecule is CCc1ccc([C@H](N)CC(C)(C)C)cc1. The molecule has 1 aromatic rings. The summed E-state index contributed by atoms with van der Waals surface area (Å²) in [6.45, 7) is 8.86. The average molecular weight is 205 g/mol. The Balaban J connectivity index is 2.70. The summed E-state index contributed by atoms with van der Waals surface area (Å²) in [4.78, 5) is 0. The summed E-state index contributed by atoms with van der Waals surface area (Å²) < 4.78 is 0. The number of hydrogen-bond acceptors (Lipinski definition) is 1. The average Bonchev–Trinajstić information content (AvgIpc) is 2.15. The molecule has 0 saturated heterocycles. The van der Waals surface area contributed by atoms with Gasteiger partial charge >= 0.3 is 0 Å². The largest absolute Gasteiger partial charge is 0.324 e. The Kier molecular flexibility index (Phi) is 3.92. The Hall–Kier alpha value is -0.820. The van der Waals surface area contributed by atoms with Crippen LogP contribution in [-0.2, 0) is 6.42 Å². The van der Waals surface area contributed by atoms with E-state index in [2.05, 4.69) is 52.0 Å². The topological polar surface area (TPSA) is 26.0 Å². The standard InChI is InChI=1S/C14H23N/c1-5-11-6-8-12(9-7-11)13(15)10-14(2,3)4/h6-9,13H,5,10,15H2,1-4H3/t13-/m1/s1. The molecule has 0 fully saturated rings. The first-order chi connectivity index (χ1) is 6.92. The molecule has 2 N–H and O–H groups in total. The van der Waals surface area contributed by atoms with Gasteiger partial charge in [-0.15, -0.1) is 0 Å². The van der Waals surface area contributed by atoms with Crippen molar-refractivity contribution in [2.24, 2.45) is 11.1 Å². The summed E-state index contributed by atoms with van der Waals surface area (Å²) >= 11 is 0. The first-order valence-electron chi connectivity index (χ1n) is 5.77. The molecule has 1 atom stereocenters. The fourth-order valence-corrected chi connectivity index (χ4v) is 1.78. The molecular formula is C14H23N. The molecule has 84 valence electrons. The molecule has 0 aliphatic rings. The second-order valence-electron chi connectivity index (χ2n) is 5.47. The van der Waals surface area contributed by atoms with E-state index in [1.165, 1.54) is 11.1 Å². The van der Waals surface area contributed by atoms with Crippen molar-refractivity contribution in [3.63, 3.8) is 0 Å². The second-order valence-corrected chi connectivity index (χ2v) is 5.47. The third-order valence-corrected chi connectivity index (χ3v) is 2.65. The molecule has 0 spiro atoms. The lowest BCUT2D eigenvalue weighted by Crippen LogP contribution is -2.18. The Bertz CT molecular complexity index is 292. The predicted molar refractivity (Wildman–Crippen MR) is 66.8 cm³/mol. The summed E-state index contributed by atoms with van der Waals surface area (Å²) in [5.74, 6) is 0. The molecule has 0 heterocycles. The highest BCUT2D eigenvalue weighted by Gasteiger charge is 2.16. The van der Waals surface area contributed by atoms with Crippen molar-refractivity contribution in [2.75, 3.05) is 0 Å². The van der Waals surface area contributed by atoms with Gasteiger partial charge in [-0.25, -0.2) is 0 Å². The Morgan fingerprint density at radius 3 is 2.07 bits per heavy atom. The van der Waals surface area contributed by atoms with E-state index in [-0.39, 0.29) is 6.04 Å². The highest BCUT2D eigenvalue weighted by molar-refractivity contribution is 5.24.